The fourth-order valence-electron chi connectivity index (χ4n) is 2.94. The quantitative estimate of drug-likeness (QED) is 0.356. The Morgan fingerprint density at radius 3 is 2.44 bits per heavy atom. The second-order valence-electron chi connectivity index (χ2n) is 7.91. The van der Waals surface area contributed by atoms with Crippen molar-refractivity contribution in [2.45, 2.75) is 37.4 Å². The zero-order valence-electron chi connectivity index (χ0n) is 17.6. The summed E-state index contributed by atoms with van der Waals surface area (Å²) < 4.78 is 51.7. The largest absolute Gasteiger partial charge is 0.476 e. The van der Waals surface area contributed by atoms with Gasteiger partial charge in [-0.25, -0.2) is 23.4 Å². The van der Waals surface area contributed by atoms with Crippen LogP contribution in [0, 0.1) is 5.82 Å². The predicted molar refractivity (Wildman–Crippen MR) is 114 cm³/mol. The maximum atomic E-state index is 13.3. The van der Waals surface area contributed by atoms with E-state index < -0.39 is 46.1 Å². The number of rotatable bonds is 4. The van der Waals surface area contributed by atoms with Gasteiger partial charge in [-0.3, -0.25) is 19.8 Å². The lowest BCUT2D eigenvalue weighted by Gasteiger charge is -2.34. The Morgan fingerprint density at radius 2 is 1.84 bits per heavy atom. The standard InChI is InChI=1S/C20H23FN4O6S/c1-20(2,3)31-19(27)23-13-6-9-16-15(10-13)25(11-17(30-16)18(26)24-22)32(28,29)14-7-4-12(21)5-8-14/h4-10,17H,11,22H2,1-3H3,(H,23,27)(H,24,26)/t17-/m1/s1. The summed E-state index contributed by atoms with van der Waals surface area (Å²) in [7, 11) is -4.22. The Bertz CT molecular complexity index is 1130. The van der Waals surface area contributed by atoms with Gasteiger partial charge in [0, 0.05) is 5.69 Å². The minimum atomic E-state index is -4.22. The maximum absolute atomic E-state index is 13.3. The number of hydrogen-bond donors (Lipinski definition) is 3. The molecule has 0 bridgehead atoms. The van der Waals surface area contributed by atoms with E-state index in [2.05, 4.69) is 5.32 Å². The molecule has 0 saturated carbocycles. The molecule has 10 nitrogen and oxygen atoms in total. The molecule has 172 valence electrons. The summed E-state index contributed by atoms with van der Waals surface area (Å²) >= 11 is 0. The molecule has 2 amide bonds. The summed E-state index contributed by atoms with van der Waals surface area (Å²) in [5, 5.41) is 2.53. The van der Waals surface area contributed by atoms with E-state index in [0.717, 1.165) is 28.6 Å². The van der Waals surface area contributed by atoms with Crippen molar-refractivity contribution in [2.75, 3.05) is 16.2 Å². The third-order valence-corrected chi connectivity index (χ3v) is 6.10. The van der Waals surface area contributed by atoms with Crippen molar-refractivity contribution >= 4 is 33.4 Å². The smallest absolute Gasteiger partial charge is 0.412 e. The normalized spacial score (nSPS) is 15.9. The van der Waals surface area contributed by atoms with E-state index in [1.54, 1.807) is 20.8 Å². The van der Waals surface area contributed by atoms with Gasteiger partial charge >= 0.3 is 6.09 Å². The van der Waals surface area contributed by atoms with Gasteiger partial charge in [-0.15, -0.1) is 0 Å². The number of nitrogens with one attached hydrogen (secondary N) is 2. The Morgan fingerprint density at radius 1 is 1.19 bits per heavy atom. The zero-order valence-corrected chi connectivity index (χ0v) is 18.4. The average Bonchev–Trinajstić information content (AvgIpc) is 2.71. The van der Waals surface area contributed by atoms with E-state index in [-0.39, 0.29) is 22.0 Å². The molecule has 0 aliphatic carbocycles. The van der Waals surface area contributed by atoms with Crippen molar-refractivity contribution in [2.24, 2.45) is 5.84 Å². The van der Waals surface area contributed by atoms with Crippen LogP contribution in [0.15, 0.2) is 47.4 Å². The van der Waals surface area contributed by atoms with Crippen LogP contribution in [0.2, 0.25) is 0 Å². The van der Waals surface area contributed by atoms with Gasteiger partial charge in [-0.05, 0) is 63.2 Å². The highest BCUT2D eigenvalue weighted by Gasteiger charge is 2.37. The van der Waals surface area contributed by atoms with Crippen LogP contribution in [0.25, 0.3) is 0 Å². The minimum Gasteiger partial charge on any atom is -0.476 e. The lowest BCUT2D eigenvalue weighted by atomic mass is 10.2. The summed E-state index contributed by atoms with van der Waals surface area (Å²) in [5.41, 5.74) is 1.51. The molecule has 2 aromatic rings. The first-order valence-corrected chi connectivity index (χ1v) is 10.9. The Hall–Kier alpha value is -3.38. The third kappa shape index (κ3) is 5.08. The lowest BCUT2D eigenvalue weighted by molar-refractivity contribution is -0.127. The molecule has 0 aromatic heterocycles. The van der Waals surface area contributed by atoms with Crippen LogP contribution in [0.1, 0.15) is 20.8 Å². The molecule has 32 heavy (non-hydrogen) atoms. The summed E-state index contributed by atoms with van der Waals surface area (Å²) in [6.07, 6.45) is -1.96. The van der Waals surface area contributed by atoms with Crippen molar-refractivity contribution in [3.05, 3.63) is 48.3 Å². The molecular weight excluding hydrogens is 443 g/mol. The second kappa shape index (κ2) is 8.63. The number of nitrogens with two attached hydrogens (primary N) is 1. The number of hydrogen-bond acceptors (Lipinski definition) is 7. The molecular formula is C20H23FN4O6S. The number of nitrogens with zero attached hydrogens (tertiary/aromatic N) is 1. The van der Waals surface area contributed by atoms with E-state index >= 15 is 0 Å². The molecule has 4 N–H and O–H groups in total. The summed E-state index contributed by atoms with van der Waals surface area (Å²) in [4.78, 5) is 24.0. The van der Waals surface area contributed by atoms with Gasteiger partial charge in [-0.2, -0.15) is 0 Å². The van der Waals surface area contributed by atoms with Crippen LogP contribution in [0.5, 0.6) is 5.75 Å². The van der Waals surface area contributed by atoms with Gasteiger partial charge in [0.15, 0.2) is 6.10 Å². The van der Waals surface area contributed by atoms with Crippen LogP contribution in [0.3, 0.4) is 0 Å². The highest BCUT2D eigenvalue weighted by atomic mass is 32.2. The highest BCUT2D eigenvalue weighted by Crippen LogP contribution is 2.39. The van der Waals surface area contributed by atoms with E-state index in [1.165, 1.54) is 18.2 Å². The monoisotopic (exact) mass is 466 g/mol. The number of halogens is 1. The van der Waals surface area contributed by atoms with Crippen LogP contribution >= 0.6 is 0 Å². The molecule has 0 fully saturated rings. The highest BCUT2D eigenvalue weighted by molar-refractivity contribution is 7.92. The summed E-state index contributed by atoms with van der Waals surface area (Å²) in [6, 6.07) is 8.50. The van der Waals surface area contributed by atoms with E-state index in [1.807, 2.05) is 5.43 Å². The molecule has 1 aliphatic heterocycles. The number of amides is 2. The van der Waals surface area contributed by atoms with Gasteiger partial charge in [0.05, 0.1) is 17.1 Å². The molecule has 3 rings (SSSR count). The number of carbonyl (C=O) groups excluding carboxylic acids is 2. The molecule has 12 heteroatoms. The molecule has 0 saturated heterocycles. The second-order valence-corrected chi connectivity index (χ2v) is 9.78. The number of ether oxygens (including phenoxy) is 2. The van der Waals surface area contributed by atoms with Crippen molar-refractivity contribution in [1.29, 1.82) is 0 Å². The lowest BCUT2D eigenvalue weighted by Crippen LogP contribution is -2.52. The van der Waals surface area contributed by atoms with Gasteiger partial charge < -0.3 is 9.47 Å². The Labute approximate surface area is 184 Å². The predicted octanol–water partition coefficient (Wildman–Crippen LogP) is 2.12. The van der Waals surface area contributed by atoms with Crippen LogP contribution in [-0.2, 0) is 19.6 Å². The minimum absolute atomic E-state index is 0.0731. The molecule has 1 aliphatic rings. The average molecular weight is 466 g/mol. The molecule has 1 atom stereocenters. The Balaban J connectivity index is 2.02. The topological polar surface area (TPSA) is 140 Å². The van der Waals surface area contributed by atoms with E-state index in [0.29, 0.717) is 0 Å². The van der Waals surface area contributed by atoms with E-state index in [4.69, 9.17) is 15.3 Å². The van der Waals surface area contributed by atoms with Crippen LogP contribution in [0.4, 0.5) is 20.6 Å². The Kier molecular flexibility index (Phi) is 6.28. The molecule has 0 unspecified atom stereocenters. The van der Waals surface area contributed by atoms with Gasteiger partial charge in [0.2, 0.25) is 0 Å². The van der Waals surface area contributed by atoms with Gasteiger partial charge in [0.25, 0.3) is 15.9 Å². The number of hydrazine groups is 1. The number of sulfonamides is 1. The van der Waals surface area contributed by atoms with Crippen molar-refractivity contribution in [3.8, 4) is 5.75 Å². The van der Waals surface area contributed by atoms with Crippen LogP contribution in [-0.4, -0.2) is 38.7 Å². The first-order chi connectivity index (χ1) is 14.9. The first-order valence-electron chi connectivity index (χ1n) is 9.50. The number of fused-ring (bicyclic) bond motifs is 1. The van der Waals surface area contributed by atoms with E-state index in [9.17, 15) is 22.4 Å². The molecule has 1 heterocycles. The van der Waals surface area contributed by atoms with Gasteiger partial charge in [0.1, 0.15) is 17.2 Å². The summed E-state index contributed by atoms with van der Waals surface area (Å²) in [6.45, 7) is 4.71. The SMILES string of the molecule is CC(C)(C)OC(=O)Nc1ccc2c(c1)N(S(=O)(=O)c1ccc(F)cc1)C[C@H](C(=O)NN)O2. The third-order valence-electron chi connectivity index (χ3n) is 4.31. The number of carbonyl (C=O) groups is 2. The van der Waals surface area contributed by atoms with Crippen molar-refractivity contribution < 1.29 is 31.9 Å². The zero-order chi connectivity index (χ0) is 23.7. The number of anilines is 2. The molecule has 0 spiro atoms. The first kappa shape index (κ1) is 23.3. The van der Waals surface area contributed by atoms with Crippen molar-refractivity contribution in [3.63, 3.8) is 0 Å². The van der Waals surface area contributed by atoms with Gasteiger partial charge in [-0.1, -0.05) is 0 Å². The molecule has 0 radical (unpaired) electrons. The fourth-order valence-corrected chi connectivity index (χ4v) is 4.41. The molecule has 2 aromatic carbocycles. The van der Waals surface area contributed by atoms with Crippen LogP contribution < -0.4 is 25.6 Å². The van der Waals surface area contributed by atoms with Crippen molar-refractivity contribution in [1.82, 2.24) is 5.43 Å². The fraction of sp³-hybridized carbons (Fsp3) is 0.300. The summed E-state index contributed by atoms with van der Waals surface area (Å²) in [5.74, 6) is 3.93. The number of benzene rings is 2. The maximum Gasteiger partial charge on any atom is 0.412 e.